The quantitative estimate of drug-likeness (QED) is 0.221. The van der Waals surface area contributed by atoms with Crippen LogP contribution in [0.5, 0.6) is 0 Å². The van der Waals surface area contributed by atoms with Crippen LogP contribution in [-0.4, -0.2) is 0 Å². The van der Waals surface area contributed by atoms with Crippen LogP contribution in [0.25, 0.3) is 65.7 Å². The molecule has 1 aliphatic carbocycles. The number of fused-ring (bicyclic) bond motifs is 7. The van der Waals surface area contributed by atoms with E-state index in [1.165, 1.54) is 76.8 Å². The third-order valence-corrected chi connectivity index (χ3v) is 8.09. The van der Waals surface area contributed by atoms with Crippen molar-refractivity contribution in [1.82, 2.24) is 0 Å². The molecule has 0 N–H and O–H groups in total. The molecule has 0 nitrogen and oxygen atoms in total. The Morgan fingerprint density at radius 1 is 0.378 bits per heavy atom. The van der Waals surface area contributed by atoms with Crippen molar-refractivity contribution in [2.75, 3.05) is 0 Å². The van der Waals surface area contributed by atoms with E-state index in [2.05, 4.69) is 133 Å². The zero-order chi connectivity index (χ0) is 24.3. The van der Waals surface area contributed by atoms with Crippen molar-refractivity contribution in [3.8, 4) is 33.4 Å². The number of rotatable bonds is 2. The second kappa shape index (κ2) is 7.91. The summed E-state index contributed by atoms with van der Waals surface area (Å²) in [5.74, 6) is 0. The average molecular weight is 469 g/mol. The van der Waals surface area contributed by atoms with Crippen LogP contribution in [0.2, 0.25) is 0 Å². The standard InChI is InChI=1S/C37H24/c1-2-11-25(12-3-1)36-31-14-6-8-16-33(31)37(34-17-9-7-15-32(34)36)26-19-20-29-27(22-26)23-35-28-13-5-4-10-24(28)18-21-30(29)35/h1-22H,23H2. The van der Waals surface area contributed by atoms with Gasteiger partial charge >= 0.3 is 0 Å². The lowest BCUT2D eigenvalue weighted by molar-refractivity contribution is 1.28. The number of benzene rings is 7. The molecule has 0 fully saturated rings. The Morgan fingerprint density at radius 2 is 0.919 bits per heavy atom. The highest BCUT2D eigenvalue weighted by molar-refractivity contribution is 6.21. The van der Waals surface area contributed by atoms with Gasteiger partial charge in [0.05, 0.1) is 0 Å². The molecule has 7 aromatic carbocycles. The molecule has 0 saturated heterocycles. The summed E-state index contributed by atoms with van der Waals surface area (Å²) in [5.41, 5.74) is 10.8. The van der Waals surface area contributed by atoms with E-state index in [9.17, 15) is 0 Å². The monoisotopic (exact) mass is 468 g/mol. The van der Waals surface area contributed by atoms with Gasteiger partial charge in [-0.2, -0.15) is 0 Å². The van der Waals surface area contributed by atoms with Crippen molar-refractivity contribution >= 4 is 32.3 Å². The van der Waals surface area contributed by atoms with E-state index in [1.807, 2.05) is 0 Å². The molecule has 0 bridgehead atoms. The van der Waals surface area contributed by atoms with Crippen LogP contribution < -0.4 is 0 Å². The summed E-state index contributed by atoms with van der Waals surface area (Å²) >= 11 is 0. The molecule has 8 rings (SSSR count). The molecule has 0 heterocycles. The van der Waals surface area contributed by atoms with Gasteiger partial charge in [0.15, 0.2) is 0 Å². The zero-order valence-corrected chi connectivity index (χ0v) is 20.4. The van der Waals surface area contributed by atoms with Crippen LogP contribution >= 0.6 is 0 Å². The molecule has 0 radical (unpaired) electrons. The summed E-state index contributed by atoms with van der Waals surface area (Å²) in [5, 5.41) is 7.92. The normalized spacial score (nSPS) is 12.2. The Kier molecular flexibility index (Phi) is 4.39. The van der Waals surface area contributed by atoms with Gasteiger partial charge in [0.1, 0.15) is 0 Å². The lowest BCUT2D eigenvalue weighted by Crippen LogP contribution is -1.91. The molecule has 37 heavy (non-hydrogen) atoms. The summed E-state index contributed by atoms with van der Waals surface area (Å²) in [7, 11) is 0. The van der Waals surface area contributed by atoms with Crippen molar-refractivity contribution in [2.45, 2.75) is 6.42 Å². The summed E-state index contributed by atoms with van der Waals surface area (Å²) in [6.45, 7) is 0. The fraction of sp³-hybridized carbons (Fsp3) is 0.0270. The molecule has 0 aromatic heterocycles. The van der Waals surface area contributed by atoms with Crippen LogP contribution in [0.15, 0.2) is 133 Å². The molecule has 1 aliphatic rings. The molecule has 0 heteroatoms. The molecular formula is C37H24. The first kappa shape index (κ1) is 20.5. The van der Waals surface area contributed by atoms with Gasteiger partial charge in [0, 0.05) is 0 Å². The van der Waals surface area contributed by atoms with Crippen molar-refractivity contribution < 1.29 is 0 Å². The van der Waals surface area contributed by atoms with Crippen molar-refractivity contribution in [2.24, 2.45) is 0 Å². The molecule has 7 aromatic rings. The first-order valence-corrected chi connectivity index (χ1v) is 13.0. The molecule has 172 valence electrons. The van der Waals surface area contributed by atoms with Gasteiger partial charge in [-0.15, -0.1) is 0 Å². The molecule has 0 atom stereocenters. The largest absolute Gasteiger partial charge is 0.0622 e. The molecule has 0 saturated carbocycles. The van der Waals surface area contributed by atoms with Crippen molar-refractivity contribution in [1.29, 1.82) is 0 Å². The van der Waals surface area contributed by atoms with Gasteiger partial charge in [-0.25, -0.2) is 0 Å². The molecule has 0 amide bonds. The second-order valence-corrected chi connectivity index (χ2v) is 10.1. The molecular weight excluding hydrogens is 444 g/mol. The maximum absolute atomic E-state index is 2.44. The summed E-state index contributed by atoms with van der Waals surface area (Å²) < 4.78 is 0. The predicted octanol–water partition coefficient (Wildman–Crippen LogP) is 10.1. The molecule has 0 unspecified atom stereocenters. The molecule has 0 spiro atoms. The van der Waals surface area contributed by atoms with Gasteiger partial charge in [-0.05, 0) is 83.2 Å². The smallest absolute Gasteiger partial charge is 0.000706 e. The first-order chi connectivity index (χ1) is 18.4. The fourth-order valence-electron chi connectivity index (χ4n) is 6.48. The van der Waals surface area contributed by atoms with E-state index in [0.717, 1.165) is 6.42 Å². The zero-order valence-electron chi connectivity index (χ0n) is 20.4. The predicted molar refractivity (Wildman–Crippen MR) is 158 cm³/mol. The third-order valence-electron chi connectivity index (χ3n) is 8.09. The highest BCUT2D eigenvalue weighted by Gasteiger charge is 2.22. The minimum atomic E-state index is 0.984. The average Bonchev–Trinajstić information content (AvgIpc) is 3.34. The van der Waals surface area contributed by atoms with Gasteiger partial charge in [-0.3, -0.25) is 0 Å². The summed E-state index contributed by atoms with van der Waals surface area (Å²) in [4.78, 5) is 0. The SMILES string of the molecule is c1ccc(-c2c3ccccc3c(-c3ccc4c(c3)Cc3c-4ccc4ccccc34)c3ccccc23)cc1. The van der Waals surface area contributed by atoms with Crippen LogP contribution in [0.1, 0.15) is 11.1 Å². The number of hydrogen-bond donors (Lipinski definition) is 0. The van der Waals surface area contributed by atoms with Crippen LogP contribution in [0, 0.1) is 0 Å². The Hall–Kier alpha value is -4.68. The summed E-state index contributed by atoms with van der Waals surface area (Å²) in [6.07, 6.45) is 0.984. The van der Waals surface area contributed by atoms with Crippen LogP contribution in [-0.2, 0) is 6.42 Å². The Morgan fingerprint density at radius 3 is 1.59 bits per heavy atom. The van der Waals surface area contributed by atoms with E-state index in [-0.39, 0.29) is 0 Å². The van der Waals surface area contributed by atoms with Gasteiger partial charge in [0.2, 0.25) is 0 Å². The Balaban J connectivity index is 1.40. The Bertz CT molecular complexity index is 1940. The third kappa shape index (κ3) is 3.03. The van der Waals surface area contributed by atoms with Gasteiger partial charge < -0.3 is 0 Å². The lowest BCUT2D eigenvalue weighted by atomic mass is 9.85. The van der Waals surface area contributed by atoms with Crippen LogP contribution in [0.4, 0.5) is 0 Å². The Labute approximate surface area is 216 Å². The first-order valence-electron chi connectivity index (χ1n) is 13.0. The molecule has 0 aliphatic heterocycles. The van der Waals surface area contributed by atoms with Gasteiger partial charge in [0.25, 0.3) is 0 Å². The fourth-order valence-corrected chi connectivity index (χ4v) is 6.48. The maximum atomic E-state index is 2.44. The van der Waals surface area contributed by atoms with Gasteiger partial charge in [-0.1, -0.05) is 133 Å². The number of hydrogen-bond acceptors (Lipinski definition) is 0. The van der Waals surface area contributed by atoms with E-state index in [1.54, 1.807) is 0 Å². The minimum Gasteiger partial charge on any atom is -0.0622 e. The minimum absolute atomic E-state index is 0.984. The maximum Gasteiger partial charge on any atom is -0.000706 e. The highest BCUT2D eigenvalue weighted by atomic mass is 14.3. The van der Waals surface area contributed by atoms with Crippen molar-refractivity contribution in [3.05, 3.63) is 145 Å². The lowest BCUT2D eigenvalue weighted by Gasteiger charge is -2.18. The van der Waals surface area contributed by atoms with E-state index in [0.29, 0.717) is 0 Å². The summed E-state index contributed by atoms with van der Waals surface area (Å²) in [6, 6.07) is 49.1. The van der Waals surface area contributed by atoms with E-state index < -0.39 is 0 Å². The van der Waals surface area contributed by atoms with Crippen LogP contribution in [0.3, 0.4) is 0 Å². The highest BCUT2D eigenvalue weighted by Crippen LogP contribution is 2.46. The topological polar surface area (TPSA) is 0 Å². The van der Waals surface area contributed by atoms with E-state index in [4.69, 9.17) is 0 Å². The van der Waals surface area contributed by atoms with E-state index >= 15 is 0 Å². The van der Waals surface area contributed by atoms with Crippen molar-refractivity contribution in [3.63, 3.8) is 0 Å². The second-order valence-electron chi connectivity index (χ2n) is 10.1.